The minimum atomic E-state index is -0.441. The van der Waals surface area contributed by atoms with Crippen LogP contribution in [0.4, 0.5) is 0 Å². The third-order valence-electron chi connectivity index (χ3n) is 7.93. The number of nitrogens with one attached hydrogen (secondary N) is 2. The number of aliphatic hydroxyl groups is 1. The van der Waals surface area contributed by atoms with Gasteiger partial charge in [0.25, 0.3) is 0 Å². The normalized spacial score (nSPS) is 19.3. The maximum Gasteiger partial charge on any atom is 0.142 e. The molecule has 42 heavy (non-hydrogen) atoms. The molecule has 0 spiro atoms. The van der Waals surface area contributed by atoms with E-state index in [0.29, 0.717) is 35.2 Å². The molecule has 2 unspecified atom stereocenters. The molecule has 4 aromatic rings. The number of hydrogen-bond donors (Lipinski definition) is 3. The molecule has 1 aliphatic heterocycles. The number of aliphatic hydroxyl groups excluding tert-OH is 1. The number of halogens is 1. The highest BCUT2D eigenvalue weighted by atomic mass is 35.5. The molecule has 3 atom stereocenters. The highest BCUT2D eigenvalue weighted by Gasteiger charge is 2.28. The average molecular weight is 581 g/mol. The van der Waals surface area contributed by atoms with Gasteiger partial charge < -0.3 is 19.9 Å². The van der Waals surface area contributed by atoms with Crippen LogP contribution in [0.1, 0.15) is 53.2 Å². The standard InChI is InChI=1S/C34H33ClN4O3/c35-30-14-25(19-38-20-26-9-12-34(40)39-26)32(41-21-23-13-22(16-36)17-37-18-23)15-33(30)42-31-11-10-28-27(7-4-8-29(28)31)24-5-2-1-3-6-24/h1-8,13-15,17-18,26,31,34,38-40H,9-12,19-21H2/t26?,31-,34?/m0/s1. The van der Waals surface area contributed by atoms with Crippen LogP contribution in [0.2, 0.25) is 5.02 Å². The van der Waals surface area contributed by atoms with E-state index in [1.54, 1.807) is 12.3 Å². The average Bonchev–Trinajstić information content (AvgIpc) is 3.63. The Hall–Kier alpha value is -3.93. The van der Waals surface area contributed by atoms with E-state index in [9.17, 15) is 10.4 Å². The van der Waals surface area contributed by atoms with Gasteiger partial charge in [-0.2, -0.15) is 5.26 Å². The van der Waals surface area contributed by atoms with E-state index in [1.807, 2.05) is 18.2 Å². The lowest BCUT2D eigenvalue weighted by atomic mass is 9.97. The summed E-state index contributed by atoms with van der Waals surface area (Å²) in [6, 6.07) is 24.7. The van der Waals surface area contributed by atoms with E-state index in [4.69, 9.17) is 21.1 Å². The van der Waals surface area contributed by atoms with Crippen LogP contribution in [0.15, 0.2) is 79.1 Å². The summed E-state index contributed by atoms with van der Waals surface area (Å²) < 4.78 is 12.9. The Morgan fingerprint density at radius 3 is 2.71 bits per heavy atom. The molecule has 1 aromatic heterocycles. The highest BCUT2D eigenvalue weighted by Crippen LogP contribution is 2.42. The van der Waals surface area contributed by atoms with Gasteiger partial charge in [-0.15, -0.1) is 0 Å². The molecule has 8 heteroatoms. The first-order valence-electron chi connectivity index (χ1n) is 14.4. The van der Waals surface area contributed by atoms with Crippen molar-refractivity contribution in [3.8, 4) is 28.7 Å². The highest BCUT2D eigenvalue weighted by molar-refractivity contribution is 6.32. The Morgan fingerprint density at radius 2 is 1.90 bits per heavy atom. The molecule has 2 aliphatic rings. The summed E-state index contributed by atoms with van der Waals surface area (Å²) in [6.07, 6.45) is 6.14. The molecule has 2 heterocycles. The van der Waals surface area contributed by atoms with Crippen LogP contribution in [-0.2, 0) is 19.6 Å². The van der Waals surface area contributed by atoms with Crippen molar-refractivity contribution in [3.05, 3.63) is 112 Å². The second kappa shape index (κ2) is 12.9. The van der Waals surface area contributed by atoms with Gasteiger partial charge in [-0.05, 0) is 60.1 Å². The Morgan fingerprint density at radius 1 is 1.02 bits per heavy atom. The monoisotopic (exact) mass is 580 g/mol. The minimum Gasteiger partial charge on any atom is -0.488 e. The number of nitriles is 1. The SMILES string of the molecule is N#Cc1cncc(COc2cc(O[C@H]3CCc4c(-c5ccccc5)cccc43)c(Cl)cc2CNCC2CCC(O)N2)c1. The number of pyridine rings is 1. The van der Waals surface area contributed by atoms with Crippen molar-refractivity contribution in [2.24, 2.45) is 0 Å². The van der Waals surface area contributed by atoms with Gasteiger partial charge in [-0.25, -0.2) is 0 Å². The molecule has 3 aromatic carbocycles. The smallest absolute Gasteiger partial charge is 0.142 e. The van der Waals surface area contributed by atoms with Crippen LogP contribution >= 0.6 is 11.6 Å². The van der Waals surface area contributed by atoms with Crippen molar-refractivity contribution >= 4 is 11.6 Å². The minimum absolute atomic E-state index is 0.116. The lowest BCUT2D eigenvalue weighted by Crippen LogP contribution is -2.37. The predicted octanol–water partition coefficient (Wildman–Crippen LogP) is 6.08. The number of ether oxygens (including phenoxy) is 2. The maximum absolute atomic E-state index is 9.78. The quantitative estimate of drug-likeness (QED) is 0.209. The number of hydrogen-bond acceptors (Lipinski definition) is 7. The molecule has 0 bridgehead atoms. The summed E-state index contributed by atoms with van der Waals surface area (Å²) in [6.45, 7) is 1.50. The Labute approximate surface area is 251 Å². The number of nitrogens with zero attached hydrogens (tertiary/aromatic N) is 2. The molecular formula is C34H33ClN4O3. The summed E-state index contributed by atoms with van der Waals surface area (Å²) in [5, 5.41) is 26.2. The van der Waals surface area contributed by atoms with E-state index < -0.39 is 6.23 Å². The van der Waals surface area contributed by atoms with Crippen molar-refractivity contribution in [3.63, 3.8) is 0 Å². The first kappa shape index (κ1) is 28.2. The molecule has 214 valence electrons. The van der Waals surface area contributed by atoms with Crippen molar-refractivity contribution in [1.82, 2.24) is 15.6 Å². The Bertz CT molecular complexity index is 1590. The topological polar surface area (TPSA) is 99.4 Å². The van der Waals surface area contributed by atoms with E-state index in [-0.39, 0.29) is 18.8 Å². The van der Waals surface area contributed by atoms with Crippen molar-refractivity contribution in [2.75, 3.05) is 6.54 Å². The number of benzene rings is 3. The van der Waals surface area contributed by atoms with E-state index >= 15 is 0 Å². The van der Waals surface area contributed by atoms with Gasteiger partial charge in [0.15, 0.2) is 0 Å². The van der Waals surface area contributed by atoms with Crippen LogP contribution in [-0.4, -0.2) is 28.9 Å². The summed E-state index contributed by atoms with van der Waals surface area (Å²) in [5.74, 6) is 1.22. The second-order valence-corrected chi connectivity index (χ2v) is 11.3. The predicted molar refractivity (Wildman–Crippen MR) is 162 cm³/mol. The second-order valence-electron chi connectivity index (χ2n) is 10.8. The van der Waals surface area contributed by atoms with Crippen molar-refractivity contribution in [2.45, 2.75) is 57.2 Å². The van der Waals surface area contributed by atoms with E-state index in [1.165, 1.54) is 28.5 Å². The van der Waals surface area contributed by atoms with Gasteiger partial charge in [0.2, 0.25) is 0 Å². The molecule has 0 radical (unpaired) electrons. The largest absolute Gasteiger partial charge is 0.488 e. The fourth-order valence-corrected chi connectivity index (χ4v) is 6.08. The Kier molecular flexibility index (Phi) is 8.68. The summed E-state index contributed by atoms with van der Waals surface area (Å²) >= 11 is 6.82. The molecule has 1 fully saturated rings. The fraction of sp³-hybridized carbons (Fsp3) is 0.294. The molecule has 6 rings (SSSR count). The first-order chi connectivity index (χ1) is 20.6. The van der Waals surface area contributed by atoms with Crippen LogP contribution in [0.25, 0.3) is 11.1 Å². The van der Waals surface area contributed by atoms with Gasteiger partial charge in [-0.3, -0.25) is 10.3 Å². The van der Waals surface area contributed by atoms with Crippen LogP contribution < -0.4 is 20.1 Å². The number of fused-ring (bicyclic) bond motifs is 1. The van der Waals surface area contributed by atoms with E-state index in [2.05, 4.69) is 64.2 Å². The summed E-state index contributed by atoms with van der Waals surface area (Å²) in [5.41, 5.74) is 7.13. The van der Waals surface area contributed by atoms with Crippen molar-refractivity contribution in [1.29, 1.82) is 5.26 Å². The number of aromatic nitrogens is 1. The molecular weight excluding hydrogens is 548 g/mol. The first-order valence-corrected chi connectivity index (χ1v) is 14.7. The fourth-order valence-electron chi connectivity index (χ4n) is 5.85. The lowest BCUT2D eigenvalue weighted by molar-refractivity contribution is 0.154. The zero-order valence-electron chi connectivity index (χ0n) is 23.2. The van der Waals surface area contributed by atoms with Gasteiger partial charge in [0, 0.05) is 48.7 Å². The summed E-state index contributed by atoms with van der Waals surface area (Å²) in [4.78, 5) is 4.15. The maximum atomic E-state index is 9.78. The van der Waals surface area contributed by atoms with Gasteiger partial charge in [0.1, 0.15) is 36.5 Å². The Balaban J connectivity index is 1.23. The van der Waals surface area contributed by atoms with E-state index in [0.717, 1.165) is 36.8 Å². The van der Waals surface area contributed by atoms with Crippen LogP contribution in [0.3, 0.4) is 0 Å². The molecule has 3 N–H and O–H groups in total. The van der Waals surface area contributed by atoms with Gasteiger partial charge >= 0.3 is 0 Å². The molecule has 1 saturated heterocycles. The van der Waals surface area contributed by atoms with Gasteiger partial charge in [-0.1, -0.05) is 60.1 Å². The third kappa shape index (κ3) is 6.43. The molecule has 1 aliphatic carbocycles. The zero-order valence-corrected chi connectivity index (χ0v) is 24.0. The van der Waals surface area contributed by atoms with Crippen LogP contribution in [0.5, 0.6) is 11.5 Å². The van der Waals surface area contributed by atoms with Gasteiger partial charge in [0.05, 0.1) is 10.6 Å². The number of rotatable bonds is 10. The lowest BCUT2D eigenvalue weighted by Gasteiger charge is -2.20. The third-order valence-corrected chi connectivity index (χ3v) is 8.22. The van der Waals surface area contributed by atoms with Crippen LogP contribution in [0, 0.1) is 11.3 Å². The van der Waals surface area contributed by atoms with Crippen molar-refractivity contribution < 1.29 is 14.6 Å². The molecule has 7 nitrogen and oxygen atoms in total. The molecule has 0 amide bonds. The zero-order chi connectivity index (χ0) is 28.9. The molecule has 0 saturated carbocycles. The summed E-state index contributed by atoms with van der Waals surface area (Å²) in [7, 11) is 0.